The zero-order chi connectivity index (χ0) is 14.3. The number of aryl methyl sites for hydroxylation is 2. The lowest BCUT2D eigenvalue weighted by Gasteiger charge is -2.45. The van der Waals surface area contributed by atoms with Crippen molar-refractivity contribution >= 4 is 0 Å². The van der Waals surface area contributed by atoms with Crippen molar-refractivity contribution in [1.82, 2.24) is 15.1 Å². The molecule has 0 atom stereocenters. The smallest absolute Gasteiger partial charge is 0.0638 e. The Hall–Kier alpha value is -0.830. The number of rotatable bonds is 3. The van der Waals surface area contributed by atoms with Gasteiger partial charge >= 0.3 is 0 Å². The van der Waals surface area contributed by atoms with Crippen molar-refractivity contribution in [1.29, 1.82) is 0 Å². The highest BCUT2D eigenvalue weighted by atomic mass is 15.2. The molecule has 0 unspecified atom stereocenters. The summed E-state index contributed by atoms with van der Waals surface area (Å²) in [6.45, 7) is 12.6. The van der Waals surface area contributed by atoms with E-state index >= 15 is 0 Å². The first-order valence-corrected chi connectivity index (χ1v) is 7.39. The summed E-state index contributed by atoms with van der Waals surface area (Å²) in [6.07, 6.45) is 6.00. The zero-order valence-corrected chi connectivity index (χ0v) is 13.4. The minimum atomic E-state index is 0.448. The highest BCUT2D eigenvalue weighted by Gasteiger charge is 2.38. The number of hydrogen-bond donors (Lipinski definition) is 1. The molecule has 1 aliphatic carbocycles. The normalized spacial score (nSPS) is 22.6. The maximum Gasteiger partial charge on any atom is 0.0638 e. The van der Waals surface area contributed by atoms with Crippen molar-refractivity contribution in [2.45, 2.75) is 66.5 Å². The van der Waals surface area contributed by atoms with E-state index < -0.39 is 0 Å². The lowest BCUT2D eigenvalue weighted by Crippen LogP contribution is -2.43. The molecule has 3 nitrogen and oxygen atoms in total. The van der Waals surface area contributed by atoms with Crippen LogP contribution in [0.5, 0.6) is 0 Å². The molecule has 1 heterocycles. The van der Waals surface area contributed by atoms with Crippen LogP contribution in [-0.2, 0) is 13.6 Å². The monoisotopic (exact) mass is 263 g/mol. The van der Waals surface area contributed by atoms with Crippen LogP contribution >= 0.6 is 0 Å². The van der Waals surface area contributed by atoms with E-state index in [1.807, 2.05) is 11.7 Å². The van der Waals surface area contributed by atoms with Crippen LogP contribution in [0, 0.1) is 17.8 Å². The number of nitrogens with zero attached hydrogens (tertiary/aromatic N) is 2. The first kappa shape index (κ1) is 14.6. The van der Waals surface area contributed by atoms with Gasteiger partial charge in [-0.2, -0.15) is 5.10 Å². The molecular formula is C16H29N3. The summed E-state index contributed by atoms with van der Waals surface area (Å²) in [5.41, 5.74) is 3.36. The third kappa shape index (κ3) is 3.82. The number of nitrogens with one attached hydrogen (secondary N) is 1. The molecule has 3 heteroatoms. The SMILES string of the molecule is Cc1nn(C)cc1CNC1CC(C)(C)CC(C)(C)C1. The summed E-state index contributed by atoms with van der Waals surface area (Å²) < 4.78 is 1.90. The van der Waals surface area contributed by atoms with Gasteiger partial charge < -0.3 is 5.32 Å². The van der Waals surface area contributed by atoms with Gasteiger partial charge in [-0.05, 0) is 37.0 Å². The highest BCUT2D eigenvalue weighted by Crippen LogP contribution is 2.45. The molecule has 0 saturated heterocycles. The maximum absolute atomic E-state index is 4.41. The van der Waals surface area contributed by atoms with Crippen molar-refractivity contribution in [2.24, 2.45) is 17.9 Å². The van der Waals surface area contributed by atoms with Crippen LogP contribution < -0.4 is 5.32 Å². The molecule has 1 saturated carbocycles. The van der Waals surface area contributed by atoms with E-state index in [9.17, 15) is 0 Å². The topological polar surface area (TPSA) is 29.9 Å². The van der Waals surface area contributed by atoms with Gasteiger partial charge in [0.2, 0.25) is 0 Å². The van der Waals surface area contributed by atoms with Crippen molar-refractivity contribution in [2.75, 3.05) is 0 Å². The van der Waals surface area contributed by atoms with Gasteiger partial charge in [-0.25, -0.2) is 0 Å². The van der Waals surface area contributed by atoms with Crippen LogP contribution in [0.4, 0.5) is 0 Å². The number of aromatic nitrogens is 2. The first-order chi connectivity index (χ1) is 8.67. The van der Waals surface area contributed by atoms with E-state index in [0.717, 1.165) is 12.2 Å². The van der Waals surface area contributed by atoms with Crippen LogP contribution in [0.2, 0.25) is 0 Å². The standard InChI is InChI=1S/C16H29N3/c1-12-13(10-19(6)18-12)9-17-14-7-15(2,3)11-16(4,5)8-14/h10,14,17H,7-9,11H2,1-6H3. The minimum absolute atomic E-state index is 0.448. The third-order valence-electron chi connectivity index (χ3n) is 4.25. The average molecular weight is 263 g/mol. The summed E-state index contributed by atoms with van der Waals surface area (Å²) in [4.78, 5) is 0. The first-order valence-electron chi connectivity index (χ1n) is 7.39. The van der Waals surface area contributed by atoms with Gasteiger partial charge in [0.25, 0.3) is 0 Å². The van der Waals surface area contributed by atoms with Crippen LogP contribution in [-0.4, -0.2) is 15.8 Å². The van der Waals surface area contributed by atoms with E-state index in [0.29, 0.717) is 16.9 Å². The molecule has 0 amide bonds. The molecule has 1 fully saturated rings. The highest BCUT2D eigenvalue weighted by molar-refractivity contribution is 5.15. The fraction of sp³-hybridized carbons (Fsp3) is 0.812. The van der Waals surface area contributed by atoms with Crippen LogP contribution in [0.1, 0.15) is 58.2 Å². The Kier molecular flexibility index (Phi) is 3.78. The van der Waals surface area contributed by atoms with Gasteiger partial charge in [-0.1, -0.05) is 27.7 Å². The molecule has 1 N–H and O–H groups in total. The minimum Gasteiger partial charge on any atom is -0.310 e. The van der Waals surface area contributed by atoms with E-state index in [1.165, 1.54) is 24.8 Å². The zero-order valence-electron chi connectivity index (χ0n) is 13.4. The predicted molar refractivity (Wildman–Crippen MR) is 80.0 cm³/mol. The fourth-order valence-electron chi connectivity index (χ4n) is 4.07. The maximum atomic E-state index is 4.41. The summed E-state index contributed by atoms with van der Waals surface area (Å²) in [7, 11) is 1.99. The second kappa shape index (κ2) is 4.93. The molecule has 2 rings (SSSR count). The van der Waals surface area contributed by atoms with E-state index in [2.05, 4.69) is 51.2 Å². The molecule has 0 bridgehead atoms. The quantitative estimate of drug-likeness (QED) is 0.905. The second-order valence-electron chi connectivity index (χ2n) is 7.90. The fourth-order valence-corrected chi connectivity index (χ4v) is 4.07. The van der Waals surface area contributed by atoms with Gasteiger partial charge in [-0.15, -0.1) is 0 Å². The van der Waals surface area contributed by atoms with Crippen LogP contribution in [0.15, 0.2) is 6.20 Å². The Bertz CT molecular complexity index is 427. The largest absolute Gasteiger partial charge is 0.310 e. The Morgan fingerprint density at radius 2 is 1.84 bits per heavy atom. The van der Waals surface area contributed by atoms with Gasteiger partial charge in [0, 0.05) is 31.4 Å². The van der Waals surface area contributed by atoms with Gasteiger partial charge in [0.05, 0.1) is 5.69 Å². The Balaban J connectivity index is 1.97. The van der Waals surface area contributed by atoms with Crippen molar-refractivity contribution in [3.63, 3.8) is 0 Å². The lowest BCUT2D eigenvalue weighted by molar-refractivity contribution is 0.0844. The van der Waals surface area contributed by atoms with Gasteiger partial charge in [-0.3, -0.25) is 4.68 Å². The van der Waals surface area contributed by atoms with Crippen molar-refractivity contribution < 1.29 is 0 Å². The molecule has 0 aliphatic heterocycles. The molecule has 0 radical (unpaired) electrons. The van der Waals surface area contributed by atoms with Gasteiger partial charge in [0.15, 0.2) is 0 Å². The number of hydrogen-bond acceptors (Lipinski definition) is 2. The molecule has 1 aromatic rings. The molecule has 108 valence electrons. The molecule has 0 aromatic carbocycles. The summed E-state index contributed by atoms with van der Waals surface area (Å²) in [5, 5.41) is 8.16. The Morgan fingerprint density at radius 1 is 1.26 bits per heavy atom. The molecule has 19 heavy (non-hydrogen) atoms. The Morgan fingerprint density at radius 3 is 2.32 bits per heavy atom. The molecule has 1 aromatic heterocycles. The molecular weight excluding hydrogens is 234 g/mol. The summed E-state index contributed by atoms with van der Waals surface area (Å²) in [5.74, 6) is 0. The summed E-state index contributed by atoms with van der Waals surface area (Å²) >= 11 is 0. The predicted octanol–water partition coefficient (Wildman–Crippen LogP) is 3.42. The summed E-state index contributed by atoms with van der Waals surface area (Å²) in [6, 6.07) is 0.623. The van der Waals surface area contributed by atoms with Crippen molar-refractivity contribution in [3.05, 3.63) is 17.5 Å². The second-order valence-corrected chi connectivity index (χ2v) is 7.90. The third-order valence-corrected chi connectivity index (χ3v) is 4.25. The van der Waals surface area contributed by atoms with E-state index in [1.54, 1.807) is 0 Å². The molecule has 1 aliphatic rings. The average Bonchev–Trinajstić information content (AvgIpc) is 2.49. The van der Waals surface area contributed by atoms with Gasteiger partial charge in [0.1, 0.15) is 0 Å². The van der Waals surface area contributed by atoms with E-state index in [-0.39, 0.29) is 0 Å². The molecule has 0 spiro atoms. The van der Waals surface area contributed by atoms with E-state index in [4.69, 9.17) is 0 Å². The Labute approximate surface area is 117 Å². The van der Waals surface area contributed by atoms with Crippen LogP contribution in [0.25, 0.3) is 0 Å². The lowest BCUT2D eigenvalue weighted by atomic mass is 9.63. The van der Waals surface area contributed by atoms with Crippen molar-refractivity contribution in [3.8, 4) is 0 Å². The van der Waals surface area contributed by atoms with Crippen LogP contribution in [0.3, 0.4) is 0 Å².